The van der Waals surface area contributed by atoms with Gasteiger partial charge in [0, 0.05) is 49.7 Å². The van der Waals surface area contributed by atoms with Gasteiger partial charge in [0.15, 0.2) is 11.9 Å². The summed E-state index contributed by atoms with van der Waals surface area (Å²) in [6.45, 7) is 1.85. The van der Waals surface area contributed by atoms with E-state index in [-0.39, 0.29) is 28.9 Å². The Morgan fingerprint density at radius 3 is 2.51 bits per heavy atom. The van der Waals surface area contributed by atoms with E-state index in [0.717, 1.165) is 5.69 Å². The first-order valence-electron chi connectivity index (χ1n) is 11.2. The van der Waals surface area contributed by atoms with Crippen LogP contribution < -0.4 is 10.1 Å². The highest BCUT2D eigenvalue weighted by atomic mass is 35.5. The molecular formula is C23H29ClF2N4O5. The Balaban J connectivity index is 1.92. The molecule has 1 amide bonds. The zero-order valence-corrected chi connectivity index (χ0v) is 20.5. The zero-order valence-electron chi connectivity index (χ0n) is 19.7. The molecule has 2 N–H and O–H groups in total. The lowest BCUT2D eigenvalue weighted by Crippen LogP contribution is -2.55. The van der Waals surface area contributed by atoms with E-state index < -0.39 is 30.1 Å². The second-order valence-electron chi connectivity index (χ2n) is 8.69. The van der Waals surface area contributed by atoms with E-state index in [0.29, 0.717) is 25.9 Å². The van der Waals surface area contributed by atoms with Crippen LogP contribution in [0.25, 0.3) is 0 Å². The van der Waals surface area contributed by atoms with Crippen molar-refractivity contribution in [1.82, 2.24) is 14.7 Å². The molecular weight excluding hydrogens is 486 g/mol. The molecule has 192 valence electrons. The van der Waals surface area contributed by atoms with Gasteiger partial charge in [-0.2, -0.15) is 13.9 Å². The summed E-state index contributed by atoms with van der Waals surface area (Å²) in [6, 6.07) is 5.92. The smallest absolute Gasteiger partial charge is 0.387 e. The lowest BCUT2D eigenvalue weighted by molar-refractivity contribution is -0.150. The summed E-state index contributed by atoms with van der Waals surface area (Å²) in [7, 11) is 1.34. The molecule has 2 heterocycles. The minimum atomic E-state index is -3.09. The number of nitrogens with zero attached hydrogens (tertiary/aromatic N) is 3. The molecule has 1 aliphatic heterocycles. The number of aromatic nitrogens is 2. The Kier molecular flexibility index (Phi) is 8.68. The molecule has 2 aromatic rings. The van der Waals surface area contributed by atoms with Gasteiger partial charge in [-0.1, -0.05) is 25.4 Å². The molecule has 0 radical (unpaired) electrons. The number of alkyl halides is 2. The quantitative estimate of drug-likeness (QED) is 0.497. The van der Waals surface area contributed by atoms with Crippen LogP contribution in [-0.4, -0.2) is 71.1 Å². The van der Waals surface area contributed by atoms with Crippen molar-refractivity contribution in [2.24, 2.45) is 0 Å². The minimum Gasteiger partial charge on any atom is -0.479 e. The number of ether oxygens (including phenoxy) is 2. The first-order valence-corrected chi connectivity index (χ1v) is 11.5. The van der Waals surface area contributed by atoms with E-state index in [2.05, 4.69) is 15.2 Å². The van der Waals surface area contributed by atoms with Crippen LogP contribution >= 0.6 is 11.6 Å². The summed E-state index contributed by atoms with van der Waals surface area (Å²) in [5.41, 5.74) is -0.230. The number of carboxylic acid groups (broad SMARTS) is 1. The topological polar surface area (TPSA) is 106 Å². The first-order chi connectivity index (χ1) is 16.6. The number of carboxylic acids is 1. The van der Waals surface area contributed by atoms with E-state index in [9.17, 15) is 23.5 Å². The maximum atomic E-state index is 13.8. The van der Waals surface area contributed by atoms with Crippen molar-refractivity contribution in [3.05, 3.63) is 41.2 Å². The number of carbonyl (C=O) groups is 2. The van der Waals surface area contributed by atoms with E-state index in [1.54, 1.807) is 10.9 Å². The SMILES string of the molecule is COC(CN1CCC(C(=O)Nc2ccc(Cl)cc2OC(F)F)(n2nccc2C(C)C)CC1)C(=O)O. The first kappa shape index (κ1) is 26.8. The summed E-state index contributed by atoms with van der Waals surface area (Å²) >= 11 is 5.93. The molecule has 1 saturated heterocycles. The van der Waals surface area contributed by atoms with Gasteiger partial charge in [-0.05, 0) is 37.0 Å². The molecule has 1 unspecified atom stereocenters. The molecule has 1 aromatic heterocycles. The fourth-order valence-electron chi connectivity index (χ4n) is 4.27. The number of benzene rings is 1. The Labute approximate surface area is 206 Å². The molecule has 1 atom stereocenters. The molecule has 1 aliphatic rings. The van der Waals surface area contributed by atoms with Gasteiger partial charge >= 0.3 is 12.6 Å². The maximum Gasteiger partial charge on any atom is 0.387 e. The van der Waals surface area contributed by atoms with Gasteiger partial charge in [0.25, 0.3) is 5.91 Å². The van der Waals surface area contributed by atoms with E-state index in [1.165, 1.54) is 25.3 Å². The normalized spacial score (nSPS) is 16.9. The summed E-state index contributed by atoms with van der Waals surface area (Å²) in [5.74, 6) is -1.68. The average Bonchev–Trinajstić information content (AvgIpc) is 3.30. The van der Waals surface area contributed by atoms with Gasteiger partial charge in [0.1, 0.15) is 5.54 Å². The lowest BCUT2D eigenvalue weighted by atomic mass is 9.85. The fourth-order valence-corrected chi connectivity index (χ4v) is 4.43. The monoisotopic (exact) mass is 514 g/mol. The van der Waals surface area contributed by atoms with Crippen molar-refractivity contribution in [3.63, 3.8) is 0 Å². The fraction of sp³-hybridized carbons (Fsp3) is 0.522. The second kappa shape index (κ2) is 11.3. The second-order valence-corrected chi connectivity index (χ2v) is 9.13. The summed E-state index contributed by atoms with van der Waals surface area (Å²) in [6.07, 6.45) is 1.26. The van der Waals surface area contributed by atoms with Gasteiger partial charge in [0.05, 0.1) is 5.69 Å². The summed E-state index contributed by atoms with van der Waals surface area (Å²) in [4.78, 5) is 27.1. The van der Waals surface area contributed by atoms with Crippen LogP contribution in [0.4, 0.5) is 14.5 Å². The van der Waals surface area contributed by atoms with E-state index >= 15 is 0 Å². The molecule has 9 nitrogen and oxygen atoms in total. The number of nitrogens with one attached hydrogen (secondary N) is 1. The van der Waals surface area contributed by atoms with Crippen LogP contribution in [0.5, 0.6) is 5.75 Å². The van der Waals surface area contributed by atoms with Crippen LogP contribution in [0.2, 0.25) is 5.02 Å². The number of methoxy groups -OCH3 is 1. The predicted molar refractivity (Wildman–Crippen MR) is 125 cm³/mol. The lowest BCUT2D eigenvalue weighted by Gasteiger charge is -2.42. The summed E-state index contributed by atoms with van der Waals surface area (Å²) < 4.78 is 37.2. The van der Waals surface area contributed by atoms with Crippen molar-refractivity contribution in [2.75, 3.05) is 32.1 Å². The highest BCUT2D eigenvalue weighted by Crippen LogP contribution is 2.36. The zero-order chi connectivity index (χ0) is 25.8. The Morgan fingerprint density at radius 2 is 1.94 bits per heavy atom. The van der Waals surface area contributed by atoms with Crippen LogP contribution in [-0.2, 0) is 19.9 Å². The van der Waals surface area contributed by atoms with Gasteiger partial charge in [-0.25, -0.2) is 4.79 Å². The van der Waals surface area contributed by atoms with Gasteiger partial charge in [0.2, 0.25) is 0 Å². The Morgan fingerprint density at radius 1 is 1.26 bits per heavy atom. The molecule has 1 fully saturated rings. The molecule has 0 aliphatic carbocycles. The predicted octanol–water partition coefficient (Wildman–Crippen LogP) is 3.79. The average molecular weight is 515 g/mol. The highest BCUT2D eigenvalue weighted by Gasteiger charge is 2.46. The van der Waals surface area contributed by atoms with Crippen LogP contribution in [0, 0.1) is 0 Å². The minimum absolute atomic E-state index is 0.0603. The van der Waals surface area contributed by atoms with Crippen molar-refractivity contribution in [1.29, 1.82) is 0 Å². The number of halogens is 3. The Bertz CT molecular complexity index is 1040. The molecule has 1 aromatic carbocycles. The summed E-state index contributed by atoms with van der Waals surface area (Å²) in [5, 5.41) is 16.7. The van der Waals surface area contributed by atoms with Crippen molar-refractivity contribution in [2.45, 2.75) is 50.9 Å². The third-order valence-electron chi connectivity index (χ3n) is 6.17. The van der Waals surface area contributed by atoms with E-state index in [1.807, 2.05) is 24.8 Å². The van der Waals surface area contributed by atoms with Crippen LogP contribution in [0.15, 0.2) is 30.5 Å². The third kappa shape index (κ3) is 6.09. The number of piperidine rings is 1. The number of hydrogen-bond donors (Lipinski definition) is 2. The number of carbonyl (C=O) groups excluding carboxylic acids is 1. The van der Waals surface area contributed by atoms with Gasteiger partial charge < -0.3 is 19.9 Å². The number of amides is 1. The standard InChI is InChI=1S/C23H29ClF2N4O5/c1-14(2)17-6-9-27-30(17)23(7-10-29(11-8-23)13-19(34-3)20(31)32)21(33)28-16-5-4-15(24)12-18(16)35-22(25)26/h4-6,9,12,14,19,22H,7-8,10-11,13H2,1-3H3,(H,28,33)(H,31,32). The number of anilines is 1. The third-order valence-corrected chi connectivity index (χ3v) is 6.40. The molecule has 0 spiro atoms. The van der Waals surface area contributed by atoms with Crippen molar-refractivity contribution >= 4 is 29.2 Å². The maximum absolute atomic E-state index is 13.8. The van der Waals surface area contributed by atoms with Crippen molar-refractivity contribution in [3.8, 4) is 5.75 Å². The molecule has 3 rings (SSSR count). The number of rotatable bonds is 10. The number of aliphatic carboxylic acids is 1. The van der Waals surface area contributed by atoms with E-state index in [4.69, 9.17) is 16.3 Å². The van der Waals surface area contributed by atoms with Crippen LogP contribution in [0.3, 0.4) is 0 Å². The number of hydrogen-bond acceptors (Lipinski definition) is 6. The Hall–Kier alpha value is -2.76. The van der Waals surface area contributed by atoms with Gasteiger partial charge in [-0.3, -0.25) is 14.4 Å². The molecule has 0 saturated carbocycles. The molecule has 0 bridgehead atoms. The largest absolute Gasteiger partial charge is 0.479 e. The van der Waals surface area contributed by atoms with Crippen molar-refractivity contribution < 1.29 is 33.0 Å². The number of likely N-dealkylation sites (tertiary alicyclic amines) is 1. The molecule has 12 heteroatoms. The van der Waals surface area contributed by atoms with Gasteiger partial charge in [-0.15, -0.1) is 0 Å². The molecule has 35 heavy (non-hydrogen) atoms. The van der Waals surface area contributed by atoms with Crippen LogP contribution in [0.1, 0.15) is 38.3 Å². The highest BCUT2D eigenvalue weighted by molar-refractivity contribution is 6.30.